The maximum absolute atomic E-state index is 8.62. The van der Waals surface area contributed by atoms with Crippen molar-refractivity contribution in [3.05, 3.63) is 53.9 Å². The Morgan fingerprint density at radius 1 is 1.00 bits per heavy atom. The number of pyridine rings is 1. The summed E-state index contributed by atoms with van der Waals surface area (Å²) >= 11 is 0. The molecule has 2 nitrogen and oxygen atoms in total. The number of hydrogen-bond acceptors (Lipinski definition) is 2. The highest BCUT2D eigenvalue weighted by molar-refractivity contribution is 5.63. The first-order valence-electron chi connectivity index (χ1n) is 6.43. The number of benzene rings is 1. The van der Waals surface area contributed by atoms with Crippen molar-refractivity contribution in [2.24, 2.45) is 0 Å². The summed E-state index contributed by atoms with van der Waals surface area (Å²) in [6, 6.07) is 14.6. The van der Waals surface area contributed by atoms with Crippen molar-refractivity contribution in [1.29, 1.82) is 5.26 Å². The van der Waals surface area contributed by atoms with Crippen LogP contribution in [0.25, 0.3) is 11.1 Å². The van der Waals surface area contributed by atoms with Gasteiger partial charge in [0.25, 0.3) is 0 Å². The highest BCUT2D eigenvalue weighted by Gasteiger charge is 2.12. The van der Waals surface area contributed by atoms with Crippen molar-refractivity contribution in [2.45, 2.75) is 32.6 Å². The van der Waals surface area contributed by atoms with Gasteiger partial charge in [-0.25, -0.2) is 0 Å². The lowest BCUT2D eigenvalue weighted by Gasteiger charge is -2.19. The average Bonchev–Trinajstić information content (AvgIpc) is 2.39. The normalized spacial score (nSPS) is 11.1. The van der Waals surface area contributed by atoms with Crippen molar-refractivity contribution in [1.82, 2.24) is 4.98 Å². The molecule has 0 aliphatic carbocycles. The first-order valence-corrected chi connectivity index (χ1v) is 6.43. The first kappa shape index (κ1) is 13.3. The molecule has 0 atom stereocenters. The van der Waals surface area contributed by atoms with E-state index in [4.69, 9.17) is 5.26 Å². The fraction of sp³-hybridized carbons (Fsp3) is 0.294. The van der Waals surface area contributed by atoms with Gasteiger partial charge in [-0.2, -0.15) is 5.26 Å². The minimum atomic E-state index is 0.174. The molecule has 2 aromatic rings. The van der Waals surface area contributed by atoms with Crippen molar-refractivity contribution in [2.75, 3.05) is 0 Å². The van der Waals surface area contributed by atoms with E-state index in [9.17, 15) is 0 Å². The van der Waals surface area contributed by atoms with Crippen LogP contribution in [0.1, 0.15) is 32.0 Å². The zero-order valence-corrected chi connectivity index (χ0v) is 11.6. The number of nitriles is 1. The van der Waals surface area contributed by atoms with Crippen LogP contribution in [-0.2, 0) is 11.8 Å². The zero-order chi connectivity index (χ0) is 13.9. The smallest absolute Gasteiger partial charge is 0.0774 e. The molecule has 1 aromatic heterocycles. The van der Waals surface area contributed by atoms with Gasteiger partial charge in [-0.1, -0.05) is 51.1 Å². The summed E-state index contributed by atoms with van der Waals surface area (Å²) in [5.74, 6) is 0. The van der Waals surface area contributed by atoms with Gasteiger partial charge < -0.3 is 0 Å². The molecule has 0 amide bonds. The molecule has 0 radical (unpaired) electrons. The molecule has 0 unspecified atom stereocenters. The standard InChI is InChI=1S/C17H18N2/c1-17(2,3)15-7-4-13(5-8-15)14-6-9-16(10-11-18)19-12-14/h4-9,12H,10H2,1-3H3. The largest absolute Gasteiger partial charge is 0.260 e. The van der Waals surface area contributed by atoms with E-state index in [1.807, 2.05) is 18.3 Å². The summed E-state index contributed by atoms with van der Waals surface area (Å²) in [6.07, 6.45) is 2.20. The van der Waals surface area contributed by atoms with Gasteiger partial charge in [0.15, 0.2) is 0 Å². The molecule has 0 N–H and O–H groups in total. The molecule has 0 aliphatic rings. The van der Waals surface area contributed by atoms with Crippen molar-refractivity contribution in [3.63, 3.8) is 0 Å². The monoisotopic (exact) mass is 250 g/mol. The third-order valence-corrected chi connectivity index (χ3v) is 3.17. The molecule has 0 saturated carbocycles. The maximum atomic E-state index is 8.62. The predicted molar refractivity (Wildman–Crippen MR) is 77.7 cm³/mol. The van der Waals surface area contributed by atoms with E-state index in [-0.39, 0.29) is 5.41 Å². The summed E-state index contributed by atoms with van der Waals surface area (Å²) < 4.78 is 0. The van der Waals surface area contributed by atoms with Crippen LogP contribution in [0.5, 0.6) is 0 Å². The Kier molecular flexibility index (Phi) is 3.66. The van der Waals surface area contributed by atoms with E-state index in [1.54, 1.807) is 0 Å². The minimum Gasteiger partial charge on any atom is -0.260 e. The molecule has 0 aliphatic heterocycles. The van der Waals surface area contributed by atoms with Crippen LogP contribution < -0.4 is 0 Å². The number of nitrogens with zero attached hydrogens (tertiary/aromatic N) is 2. The predicted octanol–water partition coefficient (Wildman–Crippen LogP) is 4.11. The Hall–Kier alpha value is -2.14. The van der Waals surface area contributed by atoms with Crippen LogP contribution in [0.3, 0.4) is 0 Å². The number of hydrogen-bond donors (Lipinski definition) is 0. The molecule has 0 bridgehead atoms. The fourth-order valence-corrected chi connectivity index (χ4v) is 1.94. The highest BCUT2D eigenvalue weighted by Crippen LogP contribution is 2.25. The molecule has 96 valence electrons. The Morgan fingerprint density at radius 3 is 2.11 bits per heavy atom. The van der Waals surface area contributed by atoms with Gasteiger partial charge >= 0.3 is 0 Å². The van der Waals surface area contributed by atoms with Gasteiger partial charge in [-0.3, -0.25) is 4.98 Å². The quantitative estimate of drug-likeness (QED) is 0.804. The Labute approximate surface area is 114 Å². The van der Waals surface area contributed by atoms with E-state index < -0.39 is 0 Å². The lowest BCUT2D eigenvalue weighted by molar-refractivity contribution is 0.590. The molecule has 1 heterocycles. The van der Waals surface area contributed by atoms with Crippen LogP contribution in [0.4, 0.5) is 0 Å². The van der Waals surface area contributed by atoms with Gasteiger partial charge in [0, 0.05) is 11.8 Å². The second-order valence-electron chi connectivity index (χ2n) is 5.70. The van der Waals surface area contributed by atoms with Crippen molar-refractivity contribution < 1.29 is 0 Å². The lowest BCUT2D eigenvalue weighted by Crippen LogP contribution is -2.10. The van der Waals surface area contributed by atoms with Crippen LogP contribution >= 0.6 is 0 Å². The molecule has 0 saturated heterocycles. The molecular weight excluding hydrogens is 232 g/mol. The average molecular weight is 250 g/mol. The van der Waals surface area contributed by atoms with E-state index in [0.717, 1.165) is 16.8 Å². The molecular formula is C17H18N2. The van der Waals surface area contributed by atoms with E-state index in [0.29, 0.717) is 6.42 Å². The maximum Gasteiger partial charge on any atom is 0.0774 e. The Balaban J connectivity index is 2.25. The summed E-state index contributed by atoms with van der Waals surface area (Å²) in [4.78, 5) is 4.29. The first-order chi connectivity index (χ1) is 9.00. The van der Waals surface area contributed by atoms with E-state index >= 15 is 0 Å². The topological polar surface area (TPSA) is 36.7 Å². The second kappa shape index (κ2) is 5.24. The third-order valence-electron chi connectivity index (χ3n) is 3.17. The number of aromatic nitrogens is 1. The highest BCUT2D eigenvalue weighted by atomic mass is 14.7. The molecule has 2 heteroatoms. The van der Waals surface area contributed by atoms with Gasteiger partial charge in [0.1, 0.15) is 0 Å². The summed E-state index contributed by atoms with van der Waals surface area (Å²) in [7, 11) is 0. The summed E-state index contributed by atoms with van der Waals surface area (Å²) in [6.45, 7) is 6.63. The third kappa shape index (κ3) is 3.20. The van der Waals surface area contributed by atoms with Gasteiger partial charge in [0.05, 0.1) is 18.2 Å². The van der Waals surface area contributed by atoms with Gasteiger partial charge in [-0.05, 0) is 22.6 Å². The molecule has 1 aromatic carbocycles. The van der Waals surface area contributed by atoms with Crippen LogP contribution in [-0.4, -0.2) is 4.98 Å². The van der Waals surface area contributed by atoms with Gasteiger partial charge in [0.2, 0.25) is 0 Å². The Bertz CT molecular complexity index is 581. The lowest BCUT2D eigenvalue weighted by atomic mass is 9.86. The Morgan fingerprint density at radius 2 is 1.63 bits per heavy atom. The van der Waals surface area contributed by atoms with Crippen LogP contribution in [0, 0.1) is 11.3 Å². The molecule has 0 spiro atoms. The van der Waals surface area contributed by atoms with Crippen molar-refractivity contribution in [3.8, 4) is 17.2 Å². The fourth-order valence-electron chi connectivity index (χ4n) is 1.94. The molecule has 19 heavy (non-hydrogen) atoms. The van der Waals surface area contributed by atoms with Crippen molar-refractivity contribution >= 4 is 0 Å². The van der Waals surface area contributed by atoms with Crippen LogP contribution in [0.2, 0.25) is 0 Å². The van der Waals surface area contributed by atoms with Gasteiger partial charge in [-0.15, -0.1) is 0 Å². The van der Waals surface area contributed by atoms with E-state index in [2.05, 4.69) is 56.1 Å². The second-order valence-corrected chi connectivity index (χ2v) is 5.70. The molecule has 0 fully saturated rings. The summed E-state index contributed by atoms with van der Waals surface area (Å²) in [5, 5.41) is 8.62. The molecule has 2 rings (SSSR count). The van der Waals surface area contributed by atoms with E-state index in [1.165, 1.54) is 5.56 Å². The SMILES string of the molecule is CC(C)(C)c1ccc(-c2ccc(CC#N)nc2)cc1. The van der Waals surface area contributed by atoms with Crippen LogP contribution in [0.15, 0.2) is 42.6 Å². The zero-order valence-electron chi connectivity index (χ0n) is 11.6. The minimum absolute atomic E-state index is 0.174. The number of rotatable bonds is 2. The summed E-state index contributed by atoms with van der Waals surface area (Å²) in [5.41, 5.74) is 4.56.